The maximum Gasteiger partial charge on any atom is 0.210 e. The molecule has 6 heteroatoms. The largest absolute Gasteiger partial charge is 0.507 e. The first-order valence-corrected chi connectivity index (χ1v) is 7.94. The molecule has 0 aliphatic rings. The van der Waals surface area contributed by atoms with Crippen molar-refractivity contribution in [2.45, 2.75) is 9.79 Å². The summed E-state index contributed by atoms with van der Waals surface area (Å²) in [7, 11) is -3.97. The minimum absolute atomic E-state index is 0.00770. The first-order valence-electron chi connectivity index (χ1n) is 6.45. The Morgan fingerprint density at radius 2 is 1.45 bits per heavy atom. The van der Waals surface area contributed by atoms with Crippen molar-refractivity contribution in [3.63, 3.8) is 0 Å². The van der Waals surface area contributed by atoms with Gasteiger partial charge in [-0.25, -0.2) is 8.42 Å². The Hall–Kier alpha value is -2.73. The third-order valence-corrected chi connectivity index (χ3v) is 5.22. The second-order valence-electron chi connectivity index (χ2n) is 4.86. The molecule has 4 N–H and O–H groups in total. The summed E-state index contributed by atoms with van der Waals surface area (Å²) in [4.78, 5) is -0.347. The Bertz CT molecular complexity index is 963. The lowest BCUT2D eigenvalue weighted by Crippen LogP contribution is -2.03. The van der Waals surface area contributed by atoms with Crippen molar-refractivity contribution < 1.29 is 18.6 Å². The number of phenols is 2. The number of sulfone groups is 1. The summed E-state index contributed by atoms with van der Waals surface area (Å²) in [5.41, 5.74) is 5.99. The summed E-state index contributed by atoms with van der Waals surface area (Å²) in [6, 6.07) is 13.2. The maximum atomic E-state index is 12.6. The molecule has 3 aromatic carbocycles. The van der Waals surface area contributed by atoms with E-state index in [-0.39, 0.29) is 26.7 Å². The third-order valence-electron chi connectivity index (χ3n) is 3.44. The van der Waals surface area contributed by atoms with Gasteiger partial charge in [0.1, 0.15) is 16.4 Å². The van der Waals surface area contributed by atoms with Crippen LogP contribution in [0.1, 0.15) is 0 Å². The number of fused-ring (bicyclic) bond motifs is 1. The van der Waals surface area contributed by atoms with Crippen LogP contribution in [0.25, 0.3) is 10.8 Å². The fraction of sp³-hybridized carbons (Fsp3) is 0. The molecule has 0 radical (unpaired) electrons. The molecule has 0 aliphatic carbocycles. The number of nitrogen functional groups attached to an aromatic ring is 1. The van der Waals surface area contributed by atoms with E-state index in [1.54, 1.807) is 24.3 Å². The van der Waals surface area contributed by atoms with E-state index in [4.69, 9.17) is 5.73 Å². The monoisotopic (exact) mass is 315 g/mol. The molecular formula is C16H13NO4S. The Labute approximate surface area is 127 Å². The average molecular weight is 315 g/mol. The number of phenolic OH excluding ortho intramolecular Hbond substituents is 2. The van der Waals surface area contributed by atoms with Crippen molar-refractivity contribution in [1.29, 1.82) is 0 Å². The molecule has 0 heterocycles. The first kappa shape index (κ1) is 14.2. The van der Waals surface area contributed by atoms with E-state index in [0.29, 0.717) is 11.1 Å². The lowest BCUT2D eigenvalue weighted by atomic mass is 10.1. The van der Waals surface area contributed by atoms with Gasteiger partial charge in [-0.1, -0.05) is 24.3 Å². The van der Waals surface area contributed by atoms with Crippen LogP contribution in [0.15, 0.2) is 64.4 Å². The van der Waals surface area contributed by atoms with Crippen LogP contribution >= 0.6 is 0 Å². The fourth-order valence-corrected chi connectivity index (χ4v) is 3.67. The van der Waals surface area contributed by atoms with Crippen LogP contribution in [0.3, 0.4) is 0 Å². The molecule has 0 saturated carbocycles. The Morgan fingerprint density at radius 1 is 0.864 bits per heavy atom. The van der Waals surface area contributed by atoms with Gasteiger partial charge in [0.2, 0.25) is 9.84 Å². The van der Waals surface area contributed by atoms with E-state index < -0.39 is 9.84 Å². The standard InChI is InChI=1S/C16H13NO4S/c17-10-5-7-11(8-6-10)22(20,21)15-9-14(18)12-3-1-2-4-13(12)16(15)19/h1-9,18-19H,17H2. The van der Waals surface area contributed by atoms with E-state index >= 15 is 0 Å². The van der Waals surface area contributed by atoms with Crippen LogP contribution in [0.4, 0.5) is 5.69 Å². The number of benzene rings is 3. The maximum absolute atomic E-state index is 12.6. The Morgan fingerprint density at radius 3 is 2.09 bits per heavy atom. The van der Waals surface area contributed by atoms with E-state index in [0.717, 1.165) is 6.07 Å². The van der Waals surface area contributed by atoms with Crippen LogP contribution in [0, 0.1) is 0 Å². The van der Waals surface area contributed by atoms with Gasteiger partial charge in [0.25, 0.3) is 0 Å². The zero-order chi connectivity index (χ0) is 15.9. The molecule has 0 aliphatic heterocycles. The van der Waals surface area contributed by atoms with E-state index in [1.165, 1.54) is 24.3 Å². The highest BCUT2D eigenvalue weighted by molar-refractivity contribution is 7.91. The fourth-order valence-electron chi connectivity index (χ4n) is 2.29. The van der Waals surface area contributed by atoms with Crippen LogP contribution in [0.2, 0.25) is 0 Å². The van der Waals surface area contributed by atoms with Crippen molar-refractivity contribution in [1.82, 2.24) is 0 Å². The summed E-state index contributed by atoms with van der Waals surface area (Å²) in [5.74, 6) is -0.590. The highest BCUT2D eigenvalue weighted by Crippen LogP contribution is 2.39. The highest BCUT2D eigenvalue weighted by atomic mass is 32.2. The smallest absolute Gasteiger partial charge is 0.210 e. The molecule has 0 atom stereocenters. The second-order valence-corrected chi connectivity index (χ2v) is 6.78. The second kappa shape index (κ2) is 4.92. The van der Waals surface area contributed by atoms with Crippen LogP contribution in [-0.4, -0.2) is 18.6 Å². The molecule has 0 bridgehead atoms. The lowest BCUT2D eigenvalue weighted by Gasteiger charge is -2.11. The van der Waals surface area contributed by atoms with Gasteiger partial charge in [-0.15, -0.1) is 0 Å². The molecule has 0 spiro atoms. The predicted molar refractivity (Wildman–Crippen MR) is 83.6 cm³/mol. The predicted octanol–water partition coefficient (Wildman–Crippen LogP) is 2.67. The highest BCUT2D eigenvalue weighted by Gasteiger charge is 2.24. The van der Waals surface area contributed by atoms with E-state index in [9.17, 15) is 18.6 Å². The molecule has 0 unspecified atom stereocenters. The molecule has 0 amide bonds. The number of rotatable bonds is 2. The average Bonchev–Trinajstić information content (AvgIpc) is 2.51. The number of hydrogen-bond acceptors (Lipinski definition) is 5. The summed E-state index contributed by atoms with van der Waals surface area (Å²) in [6.07, 6.45) is 0. The van der Waals surface area contributed by atoms with Crippen molar-refractivity contribution in [2.75, 3.05) is 5.73 Å². The zero-order valence-electron chi connectivity index (χ0n) is 11.4. The van der Waals surface area contributed by atoms with E-state index in [1.807, 2.05) is 0 Å². The minimum atomic E-state index is -3.97. The van der Waals surface area contributed by atoms with Gasteiger partial charge < -0.3 is 15.9 Å². The van der Waals surface area contributed by atoms with Crippen LogP contribution in [-0.2, 0) is 9.84 Å². The first-order chi connectivity index (χ1) is 10.4. The van der Waals surface area contributed by atoms with Gasteiger partial charge in [0.15, 0.2) is 0 Å². The summed E-state index contributed by atoms with van der Waals surface area (Å²) in [6.45, 7) is 0. The number of hydrogen-bond donors (Lipinski definition) is 3. The summed E-state index contributed by atoms with van der Waals surface area (Å²) < 4.78 is 25.3. The van der Waals surface area contributed by atoms with Crippen molar-refractivity contribution in [3.8, 4) is 11.5 Å². The normalized spacial score (nSPS) is 11.6. The van der Waals surface area contributed by atoms with Crippen LogP contribution in [0.5, 0.6) is 11.5 Å². The van der Waals surface area contributed by atoms with Crippen molar-refractivity contribution in [3.05, 3.63) is 54.6 Å². The molecule has 112 valence electrons. The molecule has 3 aromatic rings. The molecule has 0 fully saturated rings. The SMILES string of the molecule is Nc1ccc(S(=O)(=O)c2cc(O)c3ccccc3c2O)cc1. The Balaban J connectivity index is 2.30. The topological polar surface area (TPSA) is 101 Å². The lowest BCUT2D eigenvalue weighted by molar-refractivity contribution is 0.454. The van der Waals surface area contributed by atoms with E-state index in [2.05, 4.69) is 0 Å². The number of nitrogens with two attached hydrogens (primary N) is 1. The molecular weight excluding hydrogens is 302 g/mol. The summed E-state index contributed by atoms with van der Waals surface area (Å²) in [5, 5.41) is 21.0. The molecule has 22 heavy (non-hydrogen) atoms. The third kappa shape index (κ3) is 2.14. The quantitative estimate of drug-likeness (QED) is 0.498. The van der Waals surface area contributed by atoms with Gasteiger partial charge in [-0.05, 0) is 24.3 Å². The minimum Gasteiger partial charge on any atom is -0.507 e. The molecule has 0 saturated heterocycles. The van der Waals surface area contributed by atoms with Crippen LogP contribution < -0.4 is 5.73 Å². The van der Waals surface area contributed by atoms with Gasteiger partial charge in [-0.2, -0.15) is 0 Å². The van der Waals surface area contributed by atoms with Gasteiger partial charge >= 0.3 is 0 Å². The summed E-state index contributed by atoms with van der Waals surface area (Å²) >= 11 is 0. The van der Waals surface area contributed by atoms with Gasteiger partial charge in [-0.3, -0.25) is 0 Å². The number of anilines is 1. The Kier molecular flexibility index (Phi) is 3.18. The molecule has 3 rings (SSSR count). The van der Waals surface area contributed by atoms with Crippen molar-refractivity contribution in [2.24, 2.45) is 0 Å². The molecule has 5 nitrogen and oxygen atoms in total. The zero-order valence-corrected chi connectivity index (χ0v) is 12.2. The van der Waals surface area contributed by atoms with Crippen molar-refractivity contribution >= 4 is 26.3 Å². The number of aromatic hydroxyl groups is 2. The van der Waals surface area contributed by atoms with Gasteiger partial charge in [0.05, 0.1) is 4.90 Å². The van der Waals surface area contributed by atoms with Gasteiger partial charge in [0, 0.05) is 22.5 Å². The molecule has 0 aromatic heterocycles.